The molecule has 5 nitrogen and oxygen atoms in total. The summed E-state index contributed by atoms with van der Waals surface area (Å²) in [5, 5.41) is 12.8. The zero-order chi connectivity index (χ0) is 19.9. The number of anilines is 1. The third kappa shape index (κ3) is 3.70. The number of hydrogen-bond acceptors (Lipinski definition) is 4. The van der Waals surface area contributed by atoms with Crippen LogP contribution in [0.3, 0.4) is 0 Å². The molecule has 150 valence electrons. The van der Waals surface area contributed by atoms with Crippen LogP contribution in [0, 0.1) is 11.3 Å². The Balaban J connectivity index is 1.41. The van der Waals surface area contributed by atoms with Crippen LogP contribution >= 0.6 is 0 Å². The van der Waals surface area contributed by atoms with Crippen molar-refractivity contribution in [3.63, 3.8) is 0 Å². The van der Waals surface area contributed by atoms with Crippen molar-refractivity contribution in [3.05, 3.63) is 29.8 Å². The lowest BCUT2D eigenvalue weighted by Gasteiger charge is -2.40. The number of benzene rings is 1. The lowest BCUT2D eigenvalue weighted by atomic mass is 9.78. The Hall–Kier alpha value is -2.22. The van der Waals surface area contributed by atoms with Crippen LogP contribution in [-0.4, -0.2) is 34.2 Å². The number of nitriles is 1. The molecule has 3 fully saturated rings. The summed E-state index contributed by atoms with van der Waals surface area (Å²) in [6.45, 7) is 5.78. The highest BCUT2D eigenvalue weighted by Crippen LogP contribution is 2.44. The first-order chi connectivity index (χ1) is 13.3. The molecular formula is C23H31N3O2. The van der Waals surface area contributed by atoms with E-state index in [0.29, 0.717) is 5.92 Å². The summed E-state index contributed by atoms with van der Waals surface area (Å²) >= 11 is 0. The van der Waals surface area contributed by atoms with Crippen LogP contribution in [0.2, 0.25) is 0 Å². The molecule has 5 heteroatoms. The van der Waals surface area contributed by atoms with Gasteiger partial charge in [-0.1, -0.05) is 12.1 Å². The number of ether oxygens (including phenoxy) is 1. The first-order valence-electron chi connectivity index (χ1n) is 10.6. The number of rotatable bonds is 3. The standard InChI is InChI=1S/C23H31N3O2/c1-22(2,3)28-21(27)26-19-9-10-20(26)14-17(13-19)16-5-7-18(8-6-16)25-23(15-24)11-4-12-23/h5-8,17,19-20,25H,4,9-14H2,1-3H3. The van der Waals surface area contributed by atoms with Crippen LogP contribution in [0.1, 0.15) is 77.2 Å². The van der Waals surface area contributed by atoms with Gasteiger partial charge in [-0.2, -0.15) is 5.26 Å². The first-order valence-corrected chi connectivity index (χ1v) is 10.6. The molecule has 2 bridgehead atoms. The molecule has 1 aromatic carbocycles. The molecule has 2 unspecified atom stereocenters. The van der Waals surface area contributed by atoms with Crippen molar-refractivity contribution in [2.24, 2.45) is 0 Å². The van der Waals surface area contributed by atoms with Gasteiger partial charge >= 0.3 is 6.09 Å². The lowest BCUT2D eigenvalue weighted by molar-refractivity contribution is 0.00584. The maximum atomic E-state index is 12.6. The Morgan fingerprint density at radius 1 is 1.18 bits per heavy atom. The van der Waals surface area contributed by atoms with E-state index in [0.717, 1.165) is 50.6 Å². The van der Waals surface area contributed by atoms with Gasteiger partial charge in [-0.3, -0.25) is 0 Å². The van der Waals surface area contributed by atoms with Crippen molar-refractivity contribution in [1.29, 1.82) is 5.26 Å². The largest absolute Gasteiger partial charge is 0.444 e. The molecule has 1 saturated carbocycles. The minimum absolute atomic E-state index is 0.153. The van der Waals surface area contributed by atoms with E-state index >= 15 is 0 Å². The number of piperidine rings is 1. The van der Waals surface area contributed by atoms with Crippen LogP contribution < -0.4 is 5.32 Å². The smallest absolute Gasteiger partial charge is 0.410 e. The lowest BCUT2D eigenvalue weighted by Crippen LogP contribution is -2.48. The number of fused-ring (bicyclic) bond motifs is 2. The van der Waals surface area contributed by atoms with Gasteiger partial charge in [-0.25, -0.2) is 4.79 Å². The molecule has 2 aliphatic heterocycles. The molecule has 1 aliphatic carbocycles. The molecule has 3 aliphatic rings. The zero-order valence-corrected chi connectivity index (χ0v) is 17.2. The SMILES string of the molecule is CC(C)(C)OC(=O)N1C2CCC1CC(c1ccc(NC3(C#N)CCC3)cc1)C2. The molecule has 0 spiro atoms. The van der Waals surface area contributed by atoms with Crippen LogP contribution in [0.5, 0.6) is 0 Å². The Morgan fingerprint density at radius 2 is 1.79 bits per heavy atom. The third-order valence-electron chi connectivity index (χ3n) is 6.52. The molecular weight excluding hydrogens is 350 g/mol. The van der Waals surface area contributed by atoms with Crippen molar-refractivity contribution >= 4 is 11.8 Å². The van der Waals surface area contributed by atoms with Gasteiger partial charge in [0.05, 0.1) is 6.07 Å². The normalized spacial score (nSPS) is 28.2. The first kappa shape index (κ1) is 19.1. The van der Waals surface area contributed by atoms with E-state index in [-0.39, 0.29) is 23.7 Å². The molecule has 0 aromatic heterocycles. The molecule has 1 N–H and O–H groups in total. The summed E-state index contributed by atoms with van der Waals surface area (Å²) in [7, 11) is 0. The highest BCUT2D eigenvalue weighted by atomic mass is 16.6. The van der Waals surface area contributed by atoms with Crippen molar-refractivity contribution < 1.29 is 9.53 Å². The topological polar surface area (TPSA) is 65.4 Å². The van der Waals surface area contributed by atoms with Gasteiger partial charge in [0.1, 0.15) is 11.1 Å². The van der Waals surface area contributed by atoms with E-state index in [1.807, 2.05) is 25.7 Å². The fraction of sp³-hybridized carbons (Fsp3) is 0.652. The summed E-state index contributed by atoms with van der Waals surface area (Å²) < 4.78 is 5.64. The van der Waals surface area contributed by atoms with Crippen LogP contribution in [-0.2, 0) is 4.74 Å². The molecule has 2 heterocycles. The molecule has 2 atom stereocenters. The van der Waals surface area contributed by atoms with Gasteiger partial charge < -0.3 is 15.0 Å². The summed E-state index contributed by atoms with van der Waals surface area (Å²) in [6, 6.07) is 11.6. The van der Waals surface area contributed by atoms with Crippen molar-refractivity contribution in [1.82, 2.24) is 4.90 Å². The Kier molecular flexibility index (Phi) is 4.77. The molecule has 1 aromatic rings. The number of nitrogens with zero attached hydrogens (tertiary/aromatic N) is 2. The fourth-order valence-corrected chi connectivity index (χ4v) is 4.97. The third-order valence-corrected chi connectivity index (χ3v) is 6.52. The van der Waals surface area contributed by atoms with E-state index in [9.17, 15) is 10.1 Å². The minimum Gasteiger partial charge on any atom is -0.444 e. The number of hydrogen-bond donors (Lipinski definition) is 1. The van der Waals surface area contributed by atoms with Crippen molar-refractivity contribution in [2.45, 2.75) is 94.9 Å². The van der Waals surface area contributed by atoms with Crippen molar-refractivity contribution in [3.8, 4) is 6.07 Å². The second-order valence-corrected chi connectivity index (χ2v) is 9.74. The predicted octanol–water partition coefficient (Wildman–Crippen LogP) is 5.19. The second kappa shape index (κ2) is 6.99. The Labute approximate surface area is 168 Å². The van der Waals surface area contributed by atoms with Gasteiger partial charge in [-0.05, 0) is 89.3 Å². The Bertz CT molecular complexity index is 757. The molecule has 1 amide bonds. The van der Waals surface area contributed by atoms with E-state index in [2.05, 4.69) is 35.7 Å². The van der Waals surface area contributed by atoms with Gasteiger partial charge in [0, 0.05) is 17.8 Å². The number of amides is 1. The van der Waals surface area contributed by atoms with Gasteiger partial charge in [0.15, 0.2) is 0 Å². The predicted molar refractivity (Wildman–Crippen MR) is 109 cm³/mol. The van der Waals surface area contributed by atoms with Crippen LogP contribution in [0.4, 0.5) is 10.5 Å². The van der Waals surface area contributed by atoms with Crippen LogP contribution in [0.25, 0.3) is 0 Å². The highest BCUT2D eigenvalue weighted by Gasteiger charge is 2.45. The minimum atomic E-state index is -0.447. The Morgan fingerprint density at radius 3 is 2.25 bits per heavy atom. The van der Waals surface area contributed by atoms with Crippen LogP contribution in [0.15, 0.2) is 24.3 Å². The van der Waals surface area contributed by atoms with Gasteiger partial charge in [0.25, 0.3) is 0 Å². The molecule has 2 saturated heterocycles. The van der Waals surface area contributed by atoms with Gasteiger partial charge in [0.2, 0.25) is 0 Å². The average molecular weight is 382 g/mol. The van der Waals surface area contributed by atoms with E-state index in [4.69, 9.17) is 4.74 Å². The summed E-state index contributed by atoms with van der Waals surface area (Å²) in [4.78, 5) is 14.6. The zero-order valence-electron chi connectivity index (χ0n) is 17.2. The maximum absolute atomic E-state index is 12.6. The van der Waals surface area contributed by atoms with E-state index < -0.39 is 5.60 Å². The summed E-state index contributed by atoms with van der Waals surface area (Å²) in [5.74, 6) is 0.485. The number of carbonyl (C=O) groups excluding carboxylic acids is 1. The average Bonchev–Trinajstić information content (AvgIpc) is 2.87. The maximum Gasteiger partial charge on any atom is 0.410 e. The quantitative estimate of drug-likeness (QED) is 0.782. The molecule has 4 rings (SSSR count). The molecule has 28 heavy (non-hydrogen) atoms. The number of nitrogens with one attached hydrogen (secondary N) is 1. The number of carbonyl (C=O) groups is 1. The van der Waals surface area contributed by atoms with Gasteiger partial charge in [-0.15, -0.1) is 0 Å². The molecule has 0 radical (unpaired) electrons. The van der Waals surface area contributed by atoms with E-state index in [1.54, 1.807) is 0 Å². The fourth-order valence-electron chi connectivity index (χ4n) is 4.97. The second-order valence-electron chi connectivity index (χ2n) is 9.74. The monoisotopic (exact) mass is 381 g/mol. The summed E-state index contributed by atoms with van der Waals surface area (Å²) in [5.41, 5.74) is 1.56. The van der Waals surface area contributed by atoms with E-state index in [1.165, 1.54) is 5.56 Å². The summed E-state index contributed by atoms with van der Waals surface area (Å²) in [6.07, 6.45) is 6.98. The van der Waals surface area contributed by atoms with Crippen molar-refractivity contribution in [2.75, 3.05) is 5.32 Å². The highest BCUT2D eigenvalue weighted by molar-refractivity contribution is 5.69.